The number of carbonyl (C=O) groups excluding carboxylic acids is 3. The van der Waals surface area contributed by atoms with Crippen LogP contribution in [0.15, 0.2) is 77.8 Å². The van der Waals surface area contributed by atoms with Gasteiger partial charge in [-0.1, -0.05) is 65.3 Å². The molecule has 1 heterocycles. The number of nitrogens with zero attached hydrogens (tertiary/aromatic N) is 2. The van der Waals surface area contributed by atoms with Crippen LogP contribution in [0.1, 0.15) is 35.7 Å². The lowest BCUT2D eigenvalue weighted by molar-refractivity contribution is -0.129. The molecule has 202 valence electrons. The zero-order valence-electron chi connectivity index (χ0n) is 21.2. The summed E-state index contributed by atoms with van der Waals surface area (Å²) in [7, 11) is 0. The van der Waals surface area contributed by atoms with Gasteiger partial charge in [0.2, 0.25) is 11.8 Å². The zero-order chi connectivity index (χ0) is 27.8. The summed E-state index contributed by atoms with van der Waals surface area (Å²) in [6, 6.07) is 21.4. The SMILES string of the molecule is CCOC(=O)c1ccc(N=C2SC(C(=O)Nc3cc(Cl)cc(Cl)c3)CC(=O)N2CCCc2ccccc2)cc1. The predicted molar refractivity (Wildman–Crippen MR) is 157 cm³/mol. The van der Waals surface area contributed by atoms with Gasteiger partial charge in [0.25, 0.3) is 0 Å². The molecule has 0 aliphatic carbocycles. The number of aryl methyl sites for hydroxylation is 1. The van der Waals surface area contributed by atoms with Crippen LogP contribution in [-0.4, -0.2) is 46.3 Å². The van der Waals surface area contributed by atoms with Gasteiger partial charge in [-0.15, -0.1) is 0 Å². The smallest absolute Gasteiger partial charge is 0.338 e. The van der Waals surface area contributed by atoms with Crippen molar-refractivity contribution in [3.63, 3.8) is 0 Å². The molecule has 3 aromatic rings. The van der Waals surface area contributed by atoms with Crippen molar-refractivity contribution < 1.29 is 19.1 Å². The molecule has 10 heteroatoms. The van der Waals surface area contributed by atoms with Crippen LogP contribution < -0.4 is 5.32 Å². The molecule has 1 aliphatic heterocycles. The Morgan fingerprint density at radius 2 is 1.74 bits per heavy atom. The molecule has 1 fully saturated rings. The molecule has 1 aliphatic rings. The second-order valence-corrected chi connectivity index (χ2v) is 10.8. The maximum absolute atomic E-state index is 13.3. The number of ether oxygens (including phenoxy) is 1. The Morgan fingerprint density at radius 3 is 2.41 bits per heavy atom. The Labute approximate surface area is 241 Å². The van der Waals surface area contributed by atoms with Crippen molar-refractivity contribution in [1.82, 2.24) is 4.90 Å². The number of thioether (sulfide) groups is 1. The third-order valence-corrected chi connectivity index (χ3v) is 7.48. The summed E-state index contributed by atoms with van der Waals surface area (Å²) in [5, 5.41) is 3.32. The number of hydrogen-bond acceptors (Lipinski definition) is 6. The van der Waals surface area contributed by atoms with Gasteiger partial charge in [-0.05, 0) is 67.8 Å². The van der Waals surface area contributed by atoms with Gasteiger partial charge in [-0.25, -0.2) is 9.79 Å². The number of benzene rings is 3. The molecular formula is C29H27Cl2N3O4S. The number of amides is 2. The normalized spacial score (nSPS) is 16.3. The Hall–Kier alpha value is -3.33. The summed E-state index contributed by atoms with van der Waals surface area (Å²) < 4.78 is 5.04. The van der Waals surface area contributed by atoms with Crippen LogP contribution in [-0.2, 0) is 20.7 Å². The summed E-state index contributed by atoms with van der Waals surface area (Å²) in [5.41, 5.74) is 2.59. The minimum absolute atomic E-state index is 0.0248. The van der Waals surface area contributed by atoms with Crippen LogP contribution in [0.5, 0.6) is 0 Å². The lowest BCUT2D eigenvalue weighted by Crippen LogP contribution is -2.45. The Balaban J connectivity index is 1.53. The first-order valence-electron chi connectivity index (χ1n) is 12.5. The fraction of sp³-hybridized carbons (Fsp3) is 0.241. The summed E-state index contributed by atoms with van der Waals surface area (Å²) >= 11 is 13.4. The number of carbonyl (C=O) groups is 3. The number of amidine groups is 1. The van der Waals surface area contributed by atoms with E-state index in [0.29, 0.717) is 38.7 Å². The first-order chi connectivity index (χ1) is 18.8. The van der Waals surface area contributed by atoms with Crippen molar-refractivity contribution in [2.24, 2.45) is 4.99 Å². The Morgan fingerprint density at radius 1 is 1.05 bits per heavy atom. The molecule has 0 radical (unpaired) electrons. The van der Waals surface area contributed by atoms with E-state index in [1.165, 1.54) is 17.3 Å². The highest BCUT2D eigenvalue weighted by atomic mass is 35.5. The average molecular weight is 585 g/mol. The van der Waals surface area contributed by atoms with Crippen molar-refractivity contribution in [2.45, 2.75) is 31.4 Å². The standard InChI is InChI=1S/C29H27Cl2N3O4S/c1-2-38-28(37)20-10-12-23(13-11-20)33-29-34(14-6-9-19-7-4-3-5-8-19)26(35)18-25(39-29)27(36)32-24-16-21(30)15-22(31)17-24/h3-5,7-8,10-13,15-17,25H,2,6,9,14,18H2,1H3,(H,32,36). The van der Waals surface area contributed by atoms with Crippen molar-refractivity contribution >= 4 is 69.3 Å². The van der Waals surface area contributed by atoms with E-state index in [1.54, 1.807) is 54.3 Å². The maximum atomic E-state index is 13.3. The highest BCUT2D eigenvalue weighted by Gasteiger charge is 2.35. The van der Waals surface area contributed by atoms with Crippen LogP contribution >= 0.6 is 35.0 Å². The summed E-state index contributed by atoms with van der Waals surface area (Å²) in [6.07, 6.45) is 1.56. The van der Waals surface area contributed by atoms with Gasteiger partial charge in [0.15, 0.2) is 5.17 Å². The lowest BCUT2D eigenvalue weighted by atomic mass is 10.1. The Bertz CT molecular complexity index is 1350. The van der Waals surface area contributed by atoms with Gasteiger partial charge in [-0.2, -0.15) is 0 Å². The van der Waals surface area contributed by atoms with Crippen LogP contribution in [0.2, 0.25) is 10.0 Å². The molecule has 3 aromatic carbocycles. The van der Waals surface area contributed by atoms with Gasteiger partial charge in [0.05, 0.1) is 17.9 Å². The topological polar surface area (TPSA) is 88.1 Å². The maximum Gasteiger partial charge on any atom is 0.338 e. The highest BCUT2D eigenvalue weighted by molar-refractivity contribution is 8.15. The summed E-state index contributed by atoms with van der Waals surface area (Å²) in [6.45, 7) is 2.48. The molecule has 4 rings (SSSR count). The fourth-order valence-corrected chi connectivity index (χ4v) is 5.64. The zero-order valence-corrected chi connectivity index (χ0v) is 23.6. The minimum Gasteiger partial charge on any atom is -0.462 e. The quantitative estimate of drug-likeness (QED) is 0.281. The van der Waals surface area contributed by atoms with Gasteiger partial charge in [0.1, 0.15) is 5.25 Å². The van der Waals surface area contributed by atoms with E-state index in [4.69, 9.17) is 32.9 Å². The molecule has 0 aromatic heterocycles. The van der Waals surface area contributed by atoms with Gasteiger partial charge >= 0.3 is 5.97 Å². The van der Waals surface area contributed by atoms with E-state index >= 15 is 0 Å². The van der Waals surface area contributed by atoms with Crippen LogP contribution in [0.3, 0.4) is 0 Å². The van der Waals surface area contributed by atoms with Gasteiger partial charge in [0, 0.05) is 28.7 Å². The molecule has 1 N–H and O–H groups in total. The third-order valence-electron chi connectivity index (χ3n) is 5.86. The monoisotopic (exact) mass is 583 g/mol. The van der Waals surface area contributed by atoms with Crippen molar-refractivity contribution in [2.75, 3.05) is 18.5 Å². The van der Waals surface area contributed by atoms with Crippen molar-refractivity contribution in [1.29, 1.82) is 0 Å². The lowest BCUT2D eigenvalue weighted by Gasteiger charge is -2.32. The van der Waals surface area contributed by atoms with Crippen LogP contribution in [0.4, 0.5) is 11.4 Å². The molecule has 39 heavy (non-hydrogen) atoms. The molecule has 2 amide bonds. The second-order valence-electron chi connectivity index (χ2n) is 8.75. The molecule has 1 atom stereocenters. The third kappa shape index (κ3) is 8.08. The van der Waals surface area contributed by atoms with Crippen LogP contribution in [0.25, 0.3) is 0 Å². The van der Waals surface area contributed by atoms with Crippen LogP contribution in [0, 0.1) is 0 Å². The molecule has 1 unspecified atom stereocenters. The first kappa shape index (κ1) is 28.7. The molecule has 0 spiro atoms. The second kappa shape index (κ2) is 13.6. The Kier molecular flexibility index (Phi) is 10.0. The molecular weight excluding hydrogens is 557 g/mol. The average Bonchev–Trinajstić information content (AvgIpc) is 2.90. The number of halogens is 2. The van der Waals surface area contributed by atoms with E-state index < -0.39 is 11.2 Å². The highest BCUT2D eigenvalue weighted by Crippen LogP contribution is 2.31. The molecule has 0 saturated carbocycles. The van der Waals surface area contributed by atoms with Crippen molar-refractivity contribution in [3.05, 3.63) is 94.0 Å². The van der Waals surface area contributed by atoms with Gasteiger partial charge in [-0.3, -0.25) is 14.5 Å². The summed E-state index contributed by atoms with van der Waals surface area (Å²) in [5.74, 6) is -0.951. The number of nitrogens with one attached hydrogen (secondary N) is 1. The molecule has 0 bridgehead atoms. The largest absolute Gasteiger partial charge is 0.462 e. The molecule has 7 nitrogen and oxygen atoms in total. The van der Waals surface area contributed by atoms with Gasteiger partial charge < -0.3 is 10.1 Å². The van der Waals surface area contributed by atoms with E-state index in [2.05, 4.69) is 17.4 Å². The number of esters is 1. The number of hydrogen-bond donors (Lipinski definition) is 1. The van der Waals surface area contributed by atoms with E-state index in [9.17, 15) is 14.4 Å². The number of rotatable bonds is 9. The molecule has 1 saturated heterocycles. The number of anilines is 1. The number of aliphatic imine (C=N–C) groups is 1. The fourth-order valence-electron chi connectivity index (χ4n) is 3.99. The van der Waals surface area contributed by atoms with E-state index in [0.717, 1.165) is 12.8 Å². The summed E-state index contributed by atoms with van der Waals surface area (Å²) in [4.78, 5) is 44.7. The predicted octanol–water partition coefficient (Wildman–Crippen LogP) is 6.76. The first-order valence-corrected chi connectivity index (χ1v) is 14.1. The van der Waals surface area contributed by atoms with E-state index in [-0.39, 0.29) is 24.8 Å². The minimum atomic E-state index is -0.696. The van der Waals surface area contributed by atoms with E-state index in [1.807, 2.05) is 18.2 Å². The van der Waals surface area contributed by atoms with Crippen molar-refractivity contribution in [3.8, 4) is 0 Å².